The van der Waals surface area contributed by atoms with E-state index >= 15 is 0 Å². The van der Waals surface area contributed by atoms with Crippen molar-refractivity contribution in [3.63, 3.8) is 0 Å². The number of halogens is 1. The summed E-state index contributed by atoms with van der Waals surface area (Å²) in [4.78, 5) is 4.96. The molecule has 1 rings (SSSR count). The molecule has 0 radical (unpaired) electrons. The molecule has 0 aliphatic carbocycles. The van der Waals surface area contributed by atoms with Crippen LogP contribution in [-0.4, -0.2) is 19.8 Å². The van der Waals surface area contributed by atoms with Crippen LogP contribution in [0.3, 0.4) is 0 Å². The predicted octanol–water partition coefficient (Wildman–Crippen LogP) is 2.37. The summed E-state index contributed by atoms with van der Waals surface area (Å²) < 4.78 is 6.48. The van der Waals surface area contributed by atoms with Gasteiger partial charge in [-0.3, -0.25) is 0 Å². The van der Waals surface area contributed by atoms with Gasteiger partial charge in [-0.25, -0.2) is 0 Å². The molecule has 0 heterocycles. The van der Waals surface area contributed by atoms with E-state index in [1.165, 1.54) is 0 Å². The van der Waals surface area contributed by atoms with Crippen LogP contribution in [0.15, 0.2) is 28.7 Å². The van der Waals surface area contributed by atoms with Crippen LogP contribution >= 0.6 is 15.9 Å². The van der Waals surface area contributed by atoms with Gasteiger partial charge in [0.1, 0.15) is 12.4 Å². The van der Waals surface area contributed by atoms with E-state index in [4.69, 9.17) is 9.57 Å². The number of hydroxylamine groups is 1. The summed E-state index contributed by atoms with van der Waals surface area (Å²) in [5, 5.41) is 0. The van der Waals surface area contributed by atoms with Gasteiger partial charge >= 0.3 is 0 Å². The van der Waals surface area contributed by atoms with Crippen LogP contribution in [0.4, 0.5) is 0 Å². The Hall–Kier alpha value is -0.580. The van der Waals surface area contributed by atoms with Gasteiger partial charge in [0.25, 0.3) is 0 Å². The first kappa shape index (κ1) is 11.5. The molecule has 1 aromatic carbocycles. The molecule has 0 aromatic heterocycles. The number of benzene rings is 1. The van der Waals surface area contributed by atoms with Crippen molar-refractivity contribution < 1.29 is 9.57 Å². The van der Waals surface area contributed by atoms with Crippen LogP contribution in [0.1, 0.15) is 6.92 Å². The molecule has 0 aliphatic rings. The smallest absolute Gasteiger partial charge is 0.120 e. The van der Waals surface area contributed by atoms with Gasteiger partial charge in [0.2, 0.25) is 0 Å². The Labute approximate surface area is 92.5 Å². The molecule has 0 aliphatic heterocycles. The van der Waals surface area contributed by atoms with Crippen LogP contribution in [-0.2, 0) is 4.84 Å². The summed E-state index contributed by atoms with van der Waals surface area (Å²) in [6.07, 6.45) is 0. The highest BCUT2D eigenvalue weighted by atomic mass is 79.9. The Bertz CT molecular complexity index is 268. The number of hydrogen-bond donors (Lipinski definition) is 1. The third kappa shape index (κ3) is 4.60. The highest BCUT2D eigenvalue weighted by molar-refractivity contribution is 9.10. The second kappa shape index (κ2) is 6.81. The van der Waals surface area contributed by atoms with Crippen molar-refractivity contribution in [1.29, 1.82) is 0 Å². The van der Waals surface area contributed by atoms with Gasteiger partial charge in [0, 0.05) is 4.47 Å². The lowest BCUT2D eigenvalue weighted by Gasteiger charge is -2.06. The number of ether oxygens (including phenoxy) is 1. The first-order valence-electron chi connectivity index (χ1n) is 4.56. The zero-order valence-electron chi connectivity index (χ0n) is 8.13. The molecule has 0 saturated heterocycles. The van der Waals surface area contributed by atoms with E-state index in [0.29, 0.717) is 19.8 Å². The number of hydrogen-bond acceptors (Lipinski definition) is 3. The summed E-state index contributed by atoms with van der Waals surface area (Å²) in [5.74, 6) is 0.859. The van der Waals surface area contributed by atoms with Crippen molar-refractivity contribution in [3.8, 4) is 5.75 Å². The first-order chi connectivity index (χ1) is 6.83. The van der Waals surface area contributed by atoms with Gasteiger partial charge in [-0.05, 0) is 25.1 Å². The third-order valence-electron chi connectivity index (χ3n) is 1.52. The van der Waals surface area contributed by atoms with E-state index in [0.717, 1.165) is 10.2 Å². The van der Waals surface area contributed by atoms with Gasteiger partial charge in [-0.2, -0.15) is 5.48 Å². The standard InChI is InChI=1S/C10H14BrNO2/c1-2-14-12-6-7-13-10-5-3-4-9(11)8-10/h3-5,8,12H,2,6-7H2,1H3. The fourth-order valence-corrected chi connectivity index (χ4v) is 1.32. The molecular weight excluding hydrogens is 246 g/mol. The van der Waals surface area contributed by atoms with Gasteiger partial charge in [0.05, 0.1) is 13.2 Å². The lowest BCUT2D eigenvalue weighted by Crippen LogP contribution is -2.21. The topological polar surface area (TPSA) is 30.5 Å². The Morgan fingerprint density at radius 3 is 3.00 bits per heavy atom. The van der Waals surface area contributed by atoms with E-state index in [1.54, 1.807) is 0 Å². The molecule has 78 valence electrons. The molecule has 0 saturated carbocycles. The molecule has 1 N–H and O–H groups in total. The fourth-order valence-electron chi connectivity index (χ4n) is 0.942. The molecule has 3 nitrogen and oxygen atoms in total. The summed E-state index contributed by atoms with van der Waals surface area (Å²) >= 11 is 3.38. The largest absolute Gasteiger partial charge is 0.492 e. The van der Waals surface area contributed by atoms with Gasteiger partial charge in [-0.1, -0.05) is 22.0 Å². The predicted molar refractivity (Wildman–Crippen MR) is 59.3 cm³/mol. The maximum atomic E-state index is 5.46. The van der Waals surface area contributed by atoms with Crippen LogP contribution in [0.5, 0.6) is 5.75 Å². The first-order valence-corrected chi connectivity index (χ1v) is 5.35. The summed E-state index contributed by atoms with van der Waals surface area (Å²) in [7, 11) is 0. The maximum absolute atomic E-state index is 5.46. The average Bonchev–Trinajstić information content (AvgIpc) is 2.18. The molecule has 0 fully saturated rings. The van der Waals surface area contributed by atoms with Crippen molar-refractivity contribution in [1.82, 2.24) is 5.48 Å². The van der Waals surface area contributed by atoms with E-state index < -0.39 is 0 Å². The van der Waals surface area contributed by atoms with Crippen molar-refractivity contribution in [2.45, 2.75) is 6.92 Å². The Balaban J connectivity index is 2.18. The fraction of sp³-hybridized carbons (Fsp3) is 0.400. The van der Waals surface area contributed by atoms with Crippen molar-refractivity contribution >= 4 is 15.9 Å². The maximum Gasteiger partial charge on any atom is 0.120 e. The molecule has 14 heavy (non-hydrogen) atoms. The molecule has 0 amide bonds. The molecular formula is C10H14BrNO2. The zero-order chi connectivity index (χ0) is 10.2. The van der Waals surface area contributed by atoms with Crippen LogP contribution in [0.25, 0.3) is 0 Å². The van der Waals surface area contributed by atoms with E-state index in [1.807, 2.05) is 31.2 Å². The highest BCUT2D eigenvalue weighted by Crippen LogP contribution is 2.17. The minimum absolute atomic E-state index is 0.594. The molecule has 0 unspecified atom stereocenters. The molecule has 4 heteroatoms. The molecule has 0 spiro atoms. The van der Waals surface area contributed by atoms with Crippen LogP contribution in [0.2, 0.25) is 0 Å². The second-order valence-corrected chi connectivity index (χ2v) is 3.55. The van der Waals surface area contributed by atoms with E-state index in [2.05, 4.69) is 21.4 Å². The zero-order valence-corrected chi connectivity index (χ0v) is 9.71. The number of nitrogens with one attached hydrogen (secondary N) is 1. The van der Waals surface area contributed by atoms with Crippen molar-refractivity contribution in [2.75, 3.05) is 19.8 Å². The second-order valence-electron chi connectivity index (χ2n) is 2.63. The summed E-state index contributed by atoms with van der Waals surface area (Å²) in [6, 6.07) is 7.76. The van der Waals surface area contributed by atoms with Gasteiger partial charge in [0.15, 0.2) is 0 Å². The average molecular weight is 260 g/mol. The molecule has 0 bridgehead atoms. The Morgan fingerprint density at radius 1 is 1.43 bits per heavy atom. The lowest BCUT2D eigenvalue weighted by molar-refractivity contribution is 0.0433. The van der Waals surface area contributed by atoms with Gasteiger partial charge in [-0.15, -0.1) is 0 Å². The highest BCUT2D eigenvalue weighted by Gasteiger charge is 1.93. The third-order valence-corrected chi connectivity index (χ3v) is 2.01. The molecule has 1 aromatic rings. The van der Waals surface area contributed by atoms with Crippen LogP contribution in [0, 0.1) is 0 Å². The van der Waals surface area contributed by atoms with E-state index in [-0.39, 0.29) is 0 Å². The Kier molecular flexibility index (Phi) is 5.59. The Morgan fingerprint density at radius 2 is 2.29 bits per heavy atom. The minimum atomic E-state index is 0.594. The van der Waals surface area contributed by atoms with Crippen LogP contribution < -0.4 is 10.2 Å². The monoisotopic (exact) mass is 259 g/mol. The minimum Gasteiger partial charge on any atom is -0.492 e. The number of rotatable bonds is 6. The summed E-state index contributed by atoms with van der Waals surface area (Å²) in [6.45, 7) is 3.87. The summed E-state index contributed by atoms with van der Waals surface area (Å²) in [5.41, 5.74) is 2.78. The van der Waals surface area contributed by atoms with E-state index in [9.17, 15) is 0 Å². The van der Waals surface area contributed by atoms with Gasteiger partial charge < -0.3 is 9.57 Å². The SMILES string of the molecule is CCONCCOc1cccc(Br)c1. The molecule has 0 atom stereocenters. The quantitative estimate of drug-likeness (QED) is 0.629. The normalized spacial score (nSPS) is 10.1. The lowest BCUT2D eigenvalue weighted by atomic mass is 10.3. The van der Waals surface area contributed by atoms with Crippen molar-refractivity contribution in [3.05, 3.63) is 28.7 Å². The van der Waals surface area contributed by atoms with Crippen molar-refractivity contribution in [2.24, 2.45) is 0 Å².